The van der Waals surface area contributed by atoms with Crippen molar-refractivity contribution in [2.24, 2.45) is 5.92 Å². The Morgan fingerprint density at radius 3 is 2.17 bits per heavy atom. The number of hydrogen-bond acceptors (Lipinski definition) is 1. The van der Waals surface area contributed by atoms with Gasteiger partial charge in [-0.1, -0.05) is 33.1 Å². The van der Waals surface area contributed by atoms with Crippen LogP contribution in [-0.2, 0) is 21.6 Å². The van der Waals surface area contributed by atoms with Crippen molar-refractivity contribution < 1.29 is 26.7 Å². The predicted octanol–water partition coefficient (Wildman–Crippen LogP) is 2.68. The summed E-state index contributed by atoms with van der Waals surface area (Å²) in [6, 6.07) is 0. The molecule has 0 amide bonds. The molecule has 3 heteroatoms. The van der Waals surface area contributed by atoms with Gasteiger partial charge >= 0.3 is 5.97 Å². The van der Waals surface area contributed by atoms with Crippen molar-refractivity contribution in [1.29, 1.82) is 0 Å². The van der Waals surface area contributed by atoms with E-state index in [1.165, 1.54) is 0 Å². The zero-order valence-electron chi connectivity index (χ0n) is 7.80. The maximum absolute atomic E-state index is 10.6. The van der Waals surface area contributed by atoms with Crippen molar-refractivity contribution in [3.05, 3.63) is 0 Å². The van der Waals surface area contributed by atoms with Gasteiger partial charge in [-0.15, -0.1) is 0 Å². The predicted molar refractivity (Wildman–Crippen MR) is 45.6 cm³/mol. The molecule has 0 aromatic heterocycles. The second-order valence-corrected chi connectivity index (χ2v) is 2.97. The van der Waals surface area contributed by atoms with Crippen LogP contribution >= 0.6 is 0 Å². The van der Waals surface area contributed by atoms with E-state index in [0.717, 1.165) is 32.1 Å². The number of carbonyl (C=O) groups is 1. The Balaban J connectivity index is 0. The van der Waals surface area contributed by atoms with Crippen LogP contribution in [-0.4, -0.2) is 11.1 Å². The van der Waals surface area contributed by atoms with E-state index in [1.807, 2.05) is 6.92 Å². The van der Waals surface area contributed by atoms with Gasteiger partial charge < -0.3 is 5.11 Å². The van der Waals surface area contributed by atoms with Gasteiger partial charge in [0.05, 0.1) is 5.92 Å². The first-order valence-corrected chi connectivity index (χ1v) is 4.45. The maximum atomic E-state index is 10.6. The average molecular weight is 217 g/mol. The molecule has 0 rings (SSSR count). The van der Waals surface area contributed by atoms with Gasteiger partial charge in [0.25, 0.3) is 0 Å². The number of aliphatic carboxylic acids is 1. The summed E-state index contributed by atoms with van der Waals surface area (Å²) in [4.78, 5) is 10.6. The van der Waals surface area contributed by atoms with Crippen molar-refractivity contribution in [2.45, 2.75) is 46.0 Å². The SMILES string of the molecule is CCCCC(CCC)C(=O)O.[Co]. The Kier molecular flexibility index (Phi) is 11.0. The summed E-state index contributed by atoms with van der Waals surface area (Å²) < 4.78 is 0. The van der Waals surface area contributed by atoms with Crippen LogP contribution in [0.5, 0.6) is 0 Å². The van der Waals surface area contributed by atoms with Crippen LogP contribution in [0.3, 0.4) is 0 Å². The Bertz CT molecular complexity index is 115. The Morgan fingerprint density at radius 2 is 1.83 bits per heavy atom. The number of carboxylic acid groups (broad SMARTS) is 1. The molecule has 0 aliphatic rings. The Morgan fingerprint density at radius 1 is 1.25 bits per heavy atom. The molecule has 0 heterocycles. The average Bonchev–Trinajstić information content (AvgIpc) is 1.97. The van der Waals surface area contributed by atoms with E-state index in [4.69, 9.17) is 5.11 Å². The topological polar surface area (TPSA) is 37.3 Å². The molecule has 0 aromatic rings. The first kappa shape index (κ1) is 14.5. The molecule has 0 saturated heterocycles. The fourth-order valence-electron chi connectivity index (χ4n) is 1.19. The molecule has 0 bridgehead atoms. The van der Waals surface area contributed by atoms with E-state index in [9.17, 15) is 4.79 Å². The van der Waals surface area contributed by atoms with Gasteiger partial charge in [-0.25, -0.2) is 0 Å². The molecule has 2 nitrogen and oxygen atoms in total. The first-order chi connectivity index (χ1) is 5.22. The van der Waals surface area contributed by atoms with Gasteiger partial charge in [-0.3, -0.25) is 4.79 Å². The second kappa shape index (κ2) is 9.07. The van der Waals surface area contributed by atoms with Crippen molar-refractivity contribution in [2.75, 3.05) is 0 Å². The van der Waals surface area contributed by atoms with Crippen LogP contribution in [0.15, 0.2) is 0 Å². The minimum atomic E-state index is -0.625. The molecule has 0 fully saturated rings. The fraction of sp³-hybridized carbons (Fsp3) is 0.889. The molecular formula is C9H18CoO2. The van der Waals surface area contributed by atoms with E-state index in [1.54, 1.807) is 0 Å². The Labute approximate surface area is 84.9 Å². The molecular weight excluding hydrogens is 199 g/mol. The van der Waals surface area contributed by atoms with Crippen molar-refractivity contribution in [3.8, 4) is 0 Å². The van der Waals surface area contributed by atoms with Crippen molar-refractivity contribution in [3.63, 3.8) is 0 Å². The molecule has 0 saturated carbocycles. The van der Waals surface area contributed by atoms with Crippen LogP contribution in [0.4, 0.5) is 0 Å². The molecule has 1 radical (unpaired) electrons. The van der Waals surface area contributed by atoms with Crippen LogP contribution < -0.4 is 0 Å². The van der Waals surface area contributed by atoms with Crippen LogP contribution in [0.1, 0.15) is 46.0 Å². The zero-order chi connectivity index (χ0) is 8.69. The van der Waals surface area contributed by atoms with Gasteiger partial charge in [0, 0.05) is 16.8 Å². The monoisotopic (exact) mass is 217 g/mol. The summed E-state index contributed by atoms with van der Waals surface area (Å²) in [5.41, 5.74) is 0. The first-order valence-electron chi connectivity index (χ1n) is 4.45. The quantitative estimate of drug-likeness (QED) is 0.742. The molecule has 0 aliphatic carbocycles. The largest absolute Gasteiger partial charge is 0.481 e. The molecule has 12 heavy (non-hydrogen) atoms. The minimum Gasteiger partial charge on any atom is -0.481 e. The number of carboxylic acids is 1. The van der Waals surface area contributed by atoms with Gasteiger partial charge in [0.15, 0.2) is 0 Å². The maximum Gasteiger partial charge on any atom is 0.306 e. The van der Waals surface area contributed by atoms with Gasteiger partial charge in [-0.2, -0.15) is 0 Å². The van der Waals surface area contributed by atoms with E-state index < -0.39 is 5.97 Å². The van der Waals surface area contributed by atoms with Crippen LogP contribution in [0.2, 0.25) is 0 Å². The fourth-order valence-corrected chi connectivity index (χ4v) is 1.19. The van der Waals surface area contributed by atoms with E-state index >= 15 is 0 Å². The summed E-state index contributed by atoms with van der Waals surface area (Å²) in [6.07, 6.45) is 4.78. The number of unbranched alkanes of at least 4 members (excludes halogenated alkanes) is 1. The second-order valence-electron chi connectivity index (χ2n) is 2.97. The Hall–Kier alpha value is -0.0235. The van der Waals surface area contributed by atoms with Gasteiger partial charge in [0.1, 0.15) is 0 Å². The molecule has 0 aliphatic heterocycles. The molecule has 1 atom stereocenters. The summed E-state index contributed by atoms with van der Waals surface area (Å²) >= 11 is 0. The minimum absolute atomic E-state index is 0. The third-order valence-electron chi connectivity index (χ3n) is 1.89. The van der Waals surface area contributed by atoms with E-state index in [2.05, 4.69) is 6.92 Å². The normalized spacial score (nSPS) is 11.8. The molecule has 1 unspecified atom stereocenters. The van der Waals surface area contributed by atoms with Crippen molar-refractivity contribution >= 4 is 5.97 Å². The molecule has 1 N–H and O–H groups in total. The summed E-state index contributed by atoms with van der Waals surface area (Å²) in [5, 5.41) is 8.73. The summed E-state index contributed by atoms with van der Waals surface area (Å²) in [5.74, 6) is -0.722. The van der Waals surface area contributed by atoms with Gasteiger partial charge in [0.2, 0.25) is 0 Å². The molecule has 0 aromatic carbocycles. The summed E-state index contributed by atoms with van der Waals surface area (Å²) in [7, 11) is 0. The third-order valence-corrected chi connectivity index (χ3v) is 1.89. The van der Waals surface area contributed by atoms with Crippen molar-refractivity contribution in [1.82, 2.24) is 0 Å². The van der Waals surface area contributed by atoms with Gasteiger partial charge in [-0.05, 0) is 12.8 Å². The summed E-state index contributed by atoms with van der Waals surface area (Å²) in [6.45, 7) is 4.12. The third kappa shape index (κ3) is 6.67. The van der Waals surface area contributed by atoms with E-state index in [-0.39, 0.29) is 22.7 Å². The zero-order valence-corrected chi connectivity index (χ0v) is 8.84. The standard InChI is InChI=1S/C9H18O2.Co/c1-3-5-7-8(6-4-2)9(10)11;/h8H,3-7H2,1-2H3,(H,10,11);. The number of hydrogen-bond donors (Lipinski definition) is 1. The van der Waals surface area contributed by atoms with Crippen LogP contribution in [0, 0.1) is 5.92 Å². The van der Waals surface area contributed by atoms with E-state index in [0.29, 0.717) is 0 Å². The molecule has 75 valence electrons. The van der Waals surface area contributed by atoms with Crippen LogP contribution in [0.25, 0.3) is 0 Å². The smallest absolute Gasteiger partial charge is 0.306 e. The number of rotatable bonds is 6. The molecule has 0 spiro atoms.